The lowest BCUT2D eigenvalue weighted by atomic mass is 10.0. The van der Waals surface area contributed by atoms with Crippen molar-refractivity contribution in [3.05, 3.63) is 223 Å². The van der Waals surface area contributed by atoms with Gasteiger partial charge in [0.25, 0.3) is 0 Å². The zero-order chi connectivity index (χ0) is 45.9. The summed E-state index contributed by atoms with van der Waals surface area (Å²) in [6.45, 7) is 0. The monoisotopic (exact) mass is 898 g/mol. The van der Waals surface area contributed by atoms with Crippen molar-refractivity contribution >= 4 is 93.7 Å². The first kappa shape index (κ1) is 39.3. The molecule has 15 rings (SSSR count). The molecule has 0 N–H and O–H groups in total. The smallest absolute Gasteiger partial charge is 0.138 e. The Morgan fingerprint density at radius 3 is 1.87 bits per heavy atom. The Morgan fingerprint density at radius 1 is 0.443 bits per heavy atom. The summed E-state index contributed by atoms with van der Waals surface area (Å²) in [6, 6.07) is 59.6. The Morgan fingerprint density at radius 2 is 1.09 bits per heavy atom. The van der Waals surface area contributed by atoms with Crippen molar-refractivity contribution in [2.24, 2.45) is 0 Å². The summed E-state index contributed by atoms with van der Waals surface area (Å²) in [5.41, 5.74) is 16.7. The second kappa shape index (κ2) is 15.4. The summed E-state index contributed by atoms with van der Waals surface area (Å²) in [4.78, 5) is 10.7. The van der Waals surface area contributed by atoms with Crippen molar-refractivity contribution < 1.29 is 0 Å². The minimum Gasteiger partial charge on any atom is -0.336 e. The first-order chi connectivity index (χ1) is 34.8. The van der Waals surface area contributed by atoms with Gasteiger partial charge in [0.1, 0.15) is 11.6 Å². The lowest BCUT2D eigenvalue weighted by Crippen LogP contribution is -2.14. The minimum absolute atomic E-state index is 0.0762. The van der Waals surface area contributed by atoms with E-state index in [0.29, 0.717) is 0 Å². The average Bonchev–Trinajstić information content (AvgIpc) is 4.17. The van der Waals surface area contributed by atoms with E-state index in [9.17, 15) is 0 Å². The minimum atomic E-state index is 0.0762. The number of rotatable bonds is 6. The van der Waals surface area contributed by atoms with Crippen LogP contribution in [0.4, 0.5) is 0 Å². The largest absolute Gasteiger partial charge is 0.336 e. The Kier molecular flexibility index (Phi) is 8.63. The number of fused-ring (bicyclic) bond motifs is 14. The highest BCUT2D eigenvalue weighted by Crippen LogP contribution is 2.46. The number of allylic oxidation sites excluding steroid dienone is 9. The van der Waals surface area contributed by atoms with E-state index in [1.165, 1.54) is 82.3 Å². The van der Waals surface area contributed by atoms with Crippen LogP contribution in [0, 0.1) is 0 Å². The maximum Gasteiger partial charge on any atom is 0.138 e. The predicted octanol–water partition coefficient (Wildman–Crippen LogP) is 16.1. The molecule has 3 aliphatic carbocycles. The molecule has 6 heteroatoms. The van der Waals surface area contributed by atoms with Gasteiger partial charge in [-0.1, -0.05) is 146 Å². The number of nitrogens with zero attached hydrogens (tertiary/aromatic N) is 6. The molecule has 0 fully saturated rings. The van der Waals surface area contributed by atoms with E-state index in [4.69, 9.17) is 9.97 Å². The molecule has 0 bridgehead atoms. The fourth-order valence-electron chi connectivity index (χ4n) is 12.3. The SMILES string of the molecule is C1=CCCC(c2cccc(-n3c4ccccc4c4ccc5c(c6ccccc6n5C5=CC(n6c7c(c8ccc9c(c%10ccccc%10n9-c9cccc(-c%10ccccc%10)n9)c86)C=CCC7)CC=C5)c43)n2)=C1. The Bertz CT molecular complexity index is 4330. The van der Waals surface area contributed by atoms with Crippen molar-refractivity contribution in [3.63, 3.8) is 0 Å². The highest BCUT2D eigenvalue weighted by atomic mass is 15.1. The Labute approximate surface area is 404 Å². The van der Waals surface area contributed by atoms with E-state index in [1.807, 2.05) is 0 Å². The fourth-order valence-corrected chi connectivity index (χ4v) is 12.3. The molecule has 0 saturated heterocycles. The Balaban J connectivity index is 0.959. The summed E-state index contributed by atoms with van der Waals surface area (Å²) >= 11 is 0. The number of para-hydroxylation sites is 3. The molecule has 6 aromatic carbocycles. The molecule has 1 unspecified atom stereocenters. The summed E-state index contributed by atoms with van der Waals surface area (Å²) in [7, 11) is 0. The van der Waals surface area contributed by atoms with Gasteiger partial charge in [-0.15, -0.1) is 0 Å². The number of hydrogen-bond donors (Lipinski definition) is 0. The van der Waals surface area contributed by atoms with Crippen LogP contribution in [-0.2, 0) is 6.42 Å². The third-order valence-electron chi connectivity index (χ3n) is 15.2. The summed E-state index contributed by atoms with van der Waals surface area (Å²) in [6.07, 6.45) is 23.6. The molecule has 3 aliphatic rings. The molecular formula is C64H46N6. The van der Waals surface area contributed by atoms with Gasteiger partial charge in [0, 0.05) is 60.2 Å². The van der Waals surface area contributed by atoms with Gasteiger partial charge in [0.15, 0.2) is 0 Å². The van der Waals surface area contributed by atoms with Crippen LogP contribution >= 0.6 is 0 Å². The van der Waals surface area contributed by atoms with Gasteiger partial charge in [0.05, 0.1) is 56.0 Å². The van der Waals surface area contributed by atoms with Crippen molar-refractivity contribution in [3.8, 4) is 22.9 Å². The summed E-state index contributed by atoms with van der Waals surface area (Å²) in [5, 5.41) is 8.74. The molecule has 6 aromatic heterocycles. The lowest BCUT2D eigenvalue weighted by Gasteiger charge is -2.24. The Hall–Kier alpha value is -8.74. The van der Waals surface area contributed by atoms with Gasteiger partial charge in [-0.05, 0) is 104 Å². The molecule has 332 valence electrons. The van der Waals surface area contributed by atoms with Crippen LogP contribution in [0.5, 0.6) is 0 Å². The van der Waals surface area contributed by atoms with Gasteiger partial charge in [0.2, 0.25) is 0 Å². The molecule has 6 heterocycles. The third-order valence-corrected chi connectivity index (χ3v) is 15.2. The molecule has 1 atom stereocenters. The van der Waals surface area contributed by atoms with E-state index in [0.717, 1.165) is 77.2 Å². The van der Waals surface area contributed by atoms with Crippen LogP contribution in [0.3, 0.4) is 0 Å². The molecule has 70 heavy (non-hydrogen) atoms. The molecule has 0 amide bonds. The van der Waals surface area contributed by atoms with Crippen LogP contribution in [0.1, 0.15) is 48.7 Å². The topological polar surface area (TPSA) is 45.5 Å². The predicted molar refractivity (Wildman–Crippen MR) is 292 cm³/mol. The average molecular weight is 899 g/mol. The zero-order valence-electron chi connectivity index (χ0n) is 38.5. The van der Waals surface area contributed by atoms with E-state index in [1.54, 1.807) is 0 Å². The lowest BCUT2D eigenvalue weighted by molar-refractivity contribution is 0.600. The standard InChI is InChI=1S/C64H46N6/c1-3-18-41(19-4-1)51-28-16-34-59(65-51)69-56-33-14-10-27-50(56)62-58(69)39-37-47-45-24-7-11-30-53(45)68(63(47)62)44-23-15-22-43(40-44)67-55-32-13-9-26-49(55)61-57(67)38-36-48-46-25-8-12-31-54(46)70(64(48)61)60-35-17-29-52(66-60)42-20-5-2-6-21-42/h1-5,7-10,12-20,22,24-29,31-40,44H,6,11,21,23,30H2. The first-order valence-corrected chi connectivity index (χ1v) is 24.7. The highest BCUT2D eigenvalue weighted by Gasteiger charge is 2.29. The second-order valence-corrected chi connectivity index (χ2v) is 19.0. The fraction of sp³-hybridized carbons (Fsp3) is 0.0938. The maximum absolute atomic E-state index is 5.42. The van der Waals surface area contributed by atoms with Crippen molar-refractivity contribution in [2.75, 3.05) is 0 Å². The summed E-state index contributed by atoms with van der Waals surface area (Å²) in [5.74, 6) is 1.85. The van der Waals surface area contributed by atoms with Crippen LogP contribution in [0.25, 0.3) is 117 Å². The van der Waals surface area contributed by atoms with Crippen molar-refractivity contribution in [2.45, 2.75) is 38.1 Å². The third kappa shape index (κ3) is 5.74. The molecule has 0 spiro atoms. The van der Waals surface area contributed by atoms with Gasteiger partial charge in [-0.2, -0.15) is 0 Å². The quantitative estimate of drug-likeness (QED) is 0.167. The number of pyridine rings is 2. The van der Waals surface area contributed by atoms with Crippen molar-refractivity contribution in [1.29, 1.82) is 0 Å². The van der Waals surface area contributed by atoms with Crippen LogP contribution in [0.15, 0.2) is 206 Å². The zero-order valence-corrected chi connectivity index (χ0v) is 38.5. The molecule has 0 radical (unpaired) electrons. The number of benzene rings is 6. The van der Waals surface area contributed by atoms with E-state index < -0.39 is 0 Å². The van der Waals surface area contributed by atoms with Gasteiger partial charge in [-0.25, -0.2) is 9.97 Å². The van der Waals surface area contributed by atoms with Gasteiger partial charge < -0.3 is 9.13 Å². The van der Waals surface area contributed by atoms with Crippen LogP contribution < -0.4 is 0 Å². The molecule has 0 aliphatic heterocycles. The first-order valence-electron chi connectivity index (χ1n) is 24.7. The molecule has 6 nitrogen and oxygen atoms in total. The van der Waals surface area contributed by atoms with E-state index >= 15 is 0 Å². The van der Waals surface area contributed by atoms with E-state index in [2.05, 4.69) is 231 Å². The number of hydrogen-bond acceptors (Lipinski definition) is 2. The van der Waals surface area contributed by atoms with Crippen molar-refractivity contribution in [1.82, 2.24) is 28.2 Å². The molecular weight excluding hydrogens is 853 g/mol. The number of aromatic nitrogens is 6. The molecule has 12 aromatic rings. The highest BCUT2D eigenvalue weighted by molar-refractivity contribution is 6.27. The van der Waals surface area contributed by atoms with Gasteiger partial charge in [-0.3, -0.25) is 9.13 Å². The summed E-state index contributed by atoms with van der Waals surface area (Å²) < 4.78 is 10.0. The van der Waals surface area contributed by atoms with E-state index in [-0.39, 0.29) is 6.04 Å². The molecule has 0 saturated carbocycles. The maximum atomic E-state index is 5.42. The van der Waals surface area contributed by atoms with Gasteiger partial charge >= 0.3 is 0 Å². The van der Waals surface area contributed by atoms with Crippen LogP contribution in [0.2, 0.25) is 0 Å². The second-order valence-electron chi connectivity index (χ2n) is 19.0. The normalized spacial score (nSPS) is 15.9. The van der Waals surface area contributed by atoms with Crippen LogP contribution in [-0.4, -0.2) is 28.2 Å².